The van der Waals surface area contributed by atoms with Crippen LogP contribution in [0.4, 0.5) is 0 Å². The highest BCUT2D eigenvalue weighted by Crippen LogP contribution is 2.43. The van der Waals surface area contributed by atoms with Crippen LogP contribution in [0.3, 0.4) is 0 Å². The van der Waals surface area contributed by atoms with Crippen LogP contribution >= 0.6 is 0 Å². The number of hydrogen-bond donors (Lipinski definition) is 2. The third kappa shape index (κ3) is 3.78. The summed E-state index contributed by atoms with van der Waals surface area (Å²) in [5.41, 5.74) is 3.84. The Balaban J connectivity index is 2.00. The van der Waals surface area contributed by atoms with Gasteiger partial charge in [-0.25, -0.2) is 4.79 Å². The van der Waals surface area contributed by atoms with E-state index in [1.54, 1.807) is 6.07 Å². The van der Waals surface area contributed by atoms with Crippen molar-refractivity contribution >= 4 is 5.97 Å². The summed E-state index contributed by atoms with van der Waals surface area (Å²) in [6.07, 6.45) is 0. The second-order valence-electron chi connectivity index (χ2n) is 8.26. The van der Waals surface area contributed by atoms with E-state index in [2.05, 4.69) is 31.2 Å². The van der Waals surface area contributed by atoms with Gasteiger partial charge in [0.15, 0.2) is 0 Å². The van der Waals surface area contributed by atoms with Gasteiger partial charge >= 0.3 is 5.97 Å². The molecular formula is C29H26O3. The van der Waals surface area contributed by atoms with E-state index in [-0.39, 0.29) is 17.2 Å². The number of aromatic carboxylic acids is 1. The van der Waals surface area contributed by atoms with Gasteiger partial charge in [-0.2, -0.15) is 0 Å². The number of aromatic hydroxyl groups is 1. The molecule has 0 saturated heterocycles. The minimum atomic E-state index is -1.14. The molecule has 3 heteroatoms. The summed E-state index contributed by atoms with van der Waals surface area (Å²) in [4.78, 5) is 12.1. The Morgan fingerprint density at radius 3 is 1.69 bits per heavy atom. The van der Waals surface area contributed by atoms with Crippen molar-refractivity contribution in [3.63, 3.8) is 0 Å². The predicted octanol–water partition coefficient (Wildman–Crippen LogP) is 6.60. The third-order valence-corrected chi connectivity index (χ3v) is 6.42. The molecule has 0 heterocycles. The summed E-state index contributed by atoms with van der Waals surface area (Å²) >= 11 is 0. The molecule has 160 valence electrons. The van der Waals surface area contributed by atoms with Gasteiger partial charge in [-0.15, -0.1) is 0 Å². The first-order valence-electron chi connectivity index (χ1n) is 10.7. The lowest BCUT2D eigenvalue weighted by molar-refractivity contribution is 0.0693. The van der Waals surface area contributed by atoms with Gasteiger partial charge in [0.2, 0.25) is 0 Å². The minimum Gasteiger partial charge on any atom is -0.507 e. The van der Waals surface area contributed by atoms with E-state index in [4.69, 9.17) is 0 Å². The van der Waals surface area contributed by atoms with Crippen molar-refractivity contribution in [3.8, 4) is 5.75 Å². The van der Waals surface area contributed by atoms with Gasteiger partial charge in [0.1, 0.15) is 11.3 Å². The van der Waals surface area contributed by atoms with E-state index in [1.165, 1.54) is 0 Å². The van der Waals surface area contributed by atoms with Crippen LogP contribution in [0, 0.1) is 0 Å². The van der Waals surface area contributed by atoms with Crippen molar-refractivity contribution in [1.29, 1.82) is 0 Å². The lowest BCUT2D eigenvalue weighted by atomic mass is 9.70. The average Bonchev–Trinajstić information content (AvgIpc) is 2.84. The van der Waals surface area contributed by atoms with Crippen molar-refractivity contribution < 1.29 is 15.0 Å². The molecule has 3 nitrogen and oxygen atoms in total. The number of benzene rings is 4. The SMILES string of the molecule is CC(c1ccccc1)c1cc(C(C)(c2ccccc2)c2ccccc2)cc(C(=O)O)c1O. The molecule has 1 unspecified atom stereocenters. The van der Waals surface area contributed by atoms with Crippen LogP contribution in [0.2, 0.25) is 0 Å². The van der Waals surface area contributed by atoms with Gasteiger partial charge < -0.3 is 10.2 Å². The fraction of sp³-hybridized carbons (Fsp3) is 0.138. The first-order chi connectivity index (χ1) is 15.4. The van der Waals surface area contributed by atoms with Gasteiger partial charge in [0, 0.05) is 16.9 Å². The fourth-order valence-electron chi connectivity index (χ4n) is 4.40. The van der Waals surface area contributed by atoms with Gasteiger partial charge in [0.05, 0.1) is 0 Å². The number of hydrogen-bond acceptors (Lipinski definition) is 2. The summed E-state index contributed by atoms with van der Waals surface area (Å²) in [5, 5.41) is 20.9. The Morgan fingerprint density at radius 1 is 0.750 bits per heavy atom. The highest BCUT2D eigenvalue weighted by atomic mass is 16.4. The van der Waals surface area contributed by atoms with E-state index in [9.17, 15) is 15.0 Å². The summed E-state index contributed by atoms with van der Waals surface area (Å²) in [6, 6.07) is 33.5. The van der Waals surface area contributed by atoms with Crippen molar-refractivity contribution in [2.24, 2.45) is 0 Å². The second-order valence-corrected chi connectivity index (χ2v) is 8.26. The number of rotatable bonds is 6. The number of carboxylic acid groups (broad SMARTS) is 1. The smallest absolute Gasteiger partial charge is 0.339 e. The lowest BCUT2D eigenvalue weighted by Crippen LogP contribution is -2.26. The summed E-state index contributed by atoms with van der Waals surface area (Å²) in [6.45, 7) is 4.09. The van der Waals surface area contributed by atoms with E-state index in [0.29, 0.717) is 5.56 Å². The molecule has 1 atom stereocenters. The predicted molar refractivity (Wildman–Crippen MR) is 127 cm³/mol. The largest absolute Gasteiger partial charge is 0.507 e. The molecule has 32 heavy (non-hydrogen) atoms. The molecule has 0 aliphatic carbocycles. The molecule has 4 rings (SSSR count). The zero-order valence-corrected chi connectivity index (χ0v) is 18.2. The van der Waals surface area contributed by atoms with Gasteiger partial charge in [-0.1, -0.05) is 104 Å². The highest BCUT2D eigenvalue weighted by Gasteiger charge is 2.34. The van der Waals surface area contributed by atoms with Gasteiger partial charge in [-0.05, 0) is 35.2 Å². The van der Waals surface area contributed by atoms with Crippen LogP contribution in [0.25, 0.3) is 0 Å². The Bertz CT molecular complexity index is 1180. The van der Waals surface area contributed by atoms with Crippen LogP contribution in [0.1, 0.15) is 57.9 Å². The average molecular weight is 423 g/mol. The Hall–Kier alpha value is -3.85. The van der Waals surface area contributed by atoms with Gasteiger partial charge in [-0.3, -0.25) is 0 Å². The quantitative estimate of drug-likeness (QED) is 0.344. The molecule has 0 spiro atoms. The maximum atomic E-state index is 12.1. The number of carbonyl (C=O) groups is 1. The molecular weight excluding hydrogens is 396 g/mol. The lowest BCUT2D eigenvalue weighted by Gasteiger charge is -2.33. The Labute approximate surface area is 188 Å². The van der Waals surface area contributed by atoms with Crippen LogP contribution < -0.4 is 0 Å². The summed E-state index contributed by atoms with van der Waals surface area (Å²) in [7, 11) is 0. The molecule has 0 radical (unpaired) electrons. The topological polar surface area (TPSA) is 57.5 Å². The second kappa shape index (κ2) is 8.72. The van der Waals surface area contributed by atoms with Crippen LogP contribution in [0.5, 0.6) is 5.75 Å². The maximum absolute atomic E-state index is 12.1. The highest BCUT2D eigenvalue weighted by molar-refractivity contribution is 5.92. The first-order valence-corrected chi connectivity index (χ1v) is 10.7. The monoisotopic (exact) mass is 422 g/mol. The summed E-state index contributed by atoms with van der Waals surface area (Å²) < 4.78 is 0. The number of carboxylic acids is 1. The molecule has 4 aromatic carbocycles. The van der Waals surface area contributed by atoms with Crippen molar-refractivity contribution in [1.82, 2.24) is 0 Å². The van der Waals surface area contributed by atoms with E-state index >= 15 is 0 Å². The van der Waals surface area contributed by atoms with E-state index in [1.807, 2.05) is 79.7 Å². The normalized spacial score (nSPS) is 12.3. The zero-order valence-electron chi connectivity index (χ0n) is 18.2. The fourth-order valence-corrected chi connectivity index (χ4v) is 4.40. The van der Waals surface area contributed by atoms with Crippen LogP contribution in [-0.2, 0) is 5.41 Å². The Morgan fingerprint density at radius 2 is 1.22 bits per heavy atom. The van der Waals surface area contributed by atoms with E-state index < -0.39 is 11.4 Å². The molecule has 4 aromatic rings. The minimum absolute atomic E-state index is 0.0848. The van der Waals surface area contributed by atoms with Crippen LogP contribution in [0.15, 0.2) is 103 Å². The molecule has 0 aliphatic rings. The molecule has 0 amide bonds. The molecule has 2 N–H and O–H groups in total. The zero-order chi connectivity index (χ0) is 22.7. The molecule has 0 bridgehead atoms. The number of phenols is 1. The van der Waals surface area contributed by atoms with E-state index in [0.717, 1.165) is 22.3 Å². The van der Waals surface area contributed by atoms with Crippen molar-refractivity contribution in [2.45, 2.75) is 25.2 Å². The molecule has 0 aromatic heterocycles. The van der Waals surface area contributed by atoms with Crippen molar-refractivity contribution in [3.05, 3.63) is 137 Å². The maximum Gasteiger partial charge on any atom is 0.339 e. The standard InChI is InChI=1S/C29H26O3/c1-20(21-12-6-3-7-13-21)25-18-24(19-26(27(25)30)28(31)32)29(2,22-14-8-4-9-15-22)23-16-10-5-11-17-23/h3-20,30H,1-2H3,(H,31,32). The molecule has 0 aliphatic heterocycles. The Kier molecular flexibility index (Phi) is 5.83. The van der Waals surface area contributed by atoms with Crippen molar-refractivity contribution in [2.75, 3.05) is 0 Å². The van der Waals surface area contributed by atoms with Crippen LogP contribution in [-0.4, -0.2) is 16.2 Å². The van der Waals surface area contributed by atoms with Gasteiger partial charge in [0.25, 0.3) is 0 Å². The first kappa shape index (κ1) is 21.4. The third-order valence-electron chi connectivity index (χ3n) is 6.42. The molecule has 0 saturated carbocycles. The molecule has 0 fully saturated rings. The summed E-state index contributed by atoms with van der Waals surface area (Å²) in [5.74, 6) is -1.50.